The van der Waals surface area contributed by atoms with Crippen LogP contribution in [0.4, 0.5) is 0 Å². The first kappa shape index (κ1) is 26.7. The van der Waals surface area contributed by atoms with E-state index in [1.54, 1.807) is 35.5 Å². The maximum absolute atomic E-state index is 5.49. The third kappa shape index (κ3) is 7.68. The number of nitrogens with zero attached hydrogens (tertiary/aromatic N) is 1. The smallest absolute Gasteiger partial charge is 0.191 e. The van der Waals surface area contributed by atoms with Crippen LogP contribution < -0.4 is 29.6 Å². The highest BCUT2D eigenvalue weighted by molar-refractivity contribution is 14.0. The Balaban J connectivity index is 0.00000480. The van der Waals surface area contributed by atoms with Crippen molar-refractivity contribution in [1.29, 1.82) is 0 Å². The highest BCUT2D eigenvalue weighted by Crippen LogP contribution is 2.34. The van der Waals surface area contributed by atoms with Gasteiger partial charge in [0.2, 0.25) is 0 Å². The number of methoxy groups -OCH3 is 4. The minimum absolute atomic E-state index is 0. The van der Waals surface area contributed by atoms with E-state index in [-0.39, 0.29) is 24.0 Å². The highest BCUT2D eigenvalue weighted by Gasteiger charge is 2.12. The quantitative estimate of drug-likeness (QED) is 0.266. The fourth-order valence-electron chi connectivity index (χ4n) is 3.14. The number of rotatable bonds is 10. The monoisotopic (exact) mass is 543 g/mol. The normalized spacial score (nSPS) is 11.7. The summed E-state index contributed by atoms with van der Waals surface area (Å²) in [6.45, 7) is 3.56. The third-order valence-corrected chi connectivity index (χ3v) is 5.01. The van der Waals surface area contributed by atoms with Crippen LogP contribution in [-0.2, 0) is 6.54 Å². The van der Waals surface area contributed by atoms with E-state index in [4.69, 9.17) is 18.9 Å². The van der Waals surface area contributed by atoms with E-state index in [1.165, 1.54) is 5.56 Å². The molecule has 0 heterocycles. The molecular formula is C23H34IN3O4. The van der Waals surface area contributed by atoms with Gasteiger partial charge in [0, 0.05) is 31.8 Å². The molecular weight excluding hydrogens is 509 g/mol. The summed E-state index contributed by atoms with van der Waals surface area (Å²) >= 11 is 0. The van der Waals surface area contributed by atoms with Gasteiger partial charge < -0.3 is 29.6 Å². The topological polar surface area (TPSA) is 73.3 Å². The van der Waals surface area contributed by atoms with Crippen molar-refractivity contribution in [2.45, 2.75) is 25.8 Å². The summed E-state index contributed by atoms with van der Waals surface area (Å²) in [5.74, 6) is 4.05. The van der Waals surface area contributed by atoms with Crippen molar-refractivity contribution in [3.05, 3.63) is 47.5 Å². The molecule has 7 nitrogen and oxygen atoms in total. The molecule has 172 valence electrons. The Morgan fingerprint density at radius 1 is 0.871 bits per heavy atom. The molecule has 0 amide bonds. The van der Waals surface area contributed by atoms with Gasteiger partial charge in [-0.25, -0.2) is 0 Å². The number of nitrogens with one attached hydrogen (secondary N) is 2. The van der Waals surface area contributed by atoms with Crippen LogP contribution in [0.5, 0.6) is 23.0 Å². The molecule has 0 aliphatic heterocycles. The van der Waals surface area contributed by atoms with Gasteiger partial charge in [-0.3, -0.25) is 4.99 Å². The predicted octanol–water partition coefficient (Wildman–Crippen LogP) is 4.20. The number of benzene rings is 2. The van der Waals surface area contributed by atoms with Crippen molar-refractivity contribution >= 4 is 29.9 Å². The van der Waals surface area contributed by atoms with Crippen molar-refractivity contribution in [2.75, 3.05) is 42.0 Å². The molecule has 0 aromatic heterocycles. The Bertz CT molecular complexity index is 828. The van der Waals surface area contributed by atoms with Gasteiger partial charge in [0.15, 0.2) is 17.5 Å². The average molecular weight is 543 g/mol. The van der Waals surface area contributed by atoms with E-state index in [0.717, 1.165) is 36.0 Å². The first-order chi connectivity index (χ1) is 14.6. The summed E-state index contributed by atoms with van der Waals surface area (Å²) in [5.41, 5.74) is 2.24. The van der Waals surface area contributed by atoms with Crippen LogP contribution in [-0.4, -0.2) is 48.0 Å². The highest BCUT2D eigenvalue weighted by atomic mass is 127. The Morgan fingerprint density at radius 3 is 2.03 bits per heavy atom. The average Bonchev–Trinajstić information content (AvgIpc) is 2.80. The van der Waals surface area contributed by atoms with Crippen molar-refractivity contribution in [3.8, 4) is 23.0 Å². The summed E-state index contributed by atoms with van der Waals surface area (Å²) in [5, 5.41) is 6.69. The molecule has 0 saturated carbocycles. The van der Waals surface area contributed by atoms with Gasteiger partial charge in [-0.15, -0.1) is 24.0 Å². The standard InChI is InChI=1S/C23H33N3O4.HI/c1-16(17-7-9-19(27-3)10-8-17)11-12-25-23(24-2)26-15-18-13-21(29-5)22(30-6)14-20(18)28-4;/h7-10,13-14,16H,11-12,15H2,1-6H3,(H2,24,25,26);1H. The number of hydrogen-bond donors (Lipinski definition) is 2. The minimum Gasteiger partial charge on any atom is -0.497 e. The molecule has 2 aromatic rings. The molecule has 0 saturated heterocycles. The lowest BCUT2D eigenvalue weighted by Gasteiger charge is -2.17. The van der Waals surface area contributed by atoms with E-state index >= 15 is 0 Å². The van der Waals surface area contributed by atoms with E-state index < -0.39 is 0 Å². The molecule has 2 rings (SSSR count). The van der Waals surface area contributed by atoms with Crippen LogP contribution in [0, 0.1) is 0 Å². The zero-order valence-electron chi connectivity index (χ0n) is 19.2. The van der Waals surface area contributed by atoms with Crippen molar-refractivity contribution in [1.82, 2.24) is 10.6 Å². The van der Waals surface area contributed by atoms with Crippen LogP contribution in [0.2, 0.25) is 0 Å². The molecule has 0 radical (unpaired) electrons. The zero-order chi connectivity index (χ0) is 21.9. The number of ether oxygens (including phenoxy) is 4. The molecule has 2 aromatic carbocycles. The Morgan fingerprint density at radius 2 is 1.48 bits per heavy atom. The molecule has 8 heteroatoms. The SMILES string of the molecule is CN=C(NCCC(C)c1ccc(OC)cc1)NCc1cc(OC)c(OC)cc1OC.I. The second-order valence-corrected chi connectivity index (χ2v) is 6.83. The van der Waals surface area contributed by atoms with E-state index in [0.29, 0.717) is 24.0 Å². The van der Waals surface area contributed by atoms with Crippen LogP contribution >= 0.6 is 24.0 Å². The van der Waals surface area contributed by atoms with E-state index in [1.807, 2.05) is 24.3 Å². The maximum atomic E-state index is 5.49. The lowest BCUT2D eigenvalue weighted by atomic mass is 9.98. The first-order valence-electron chi connectivity index (χ1n) is 9.93. The molecule has 1 atom stereocenters. The molecule has 2 N–H and O–H groups in total. The lowest BCUT2D eigenvalue weighted by molar-refractivity contribution is 0.347. The fraction of sp³-hybridized carbons (Fsp3) is 0.435. The summed E-state index contributed by atoms with van der Waals surface area (Å²) < 4.78 is 21.4. The number of guanidine groups is 1. The number of halogens is 1. The second-order valence-electron chi connectivity index (χ2n) is 6.83. The Hall–Kier alpha value is -2.36. The molecule has 0 bridgehead atoms. The Labute approximate surface area is 202 Å². The van der Waals surface area contributed by atoms with Crippen LogP contribution in [0.1, 0.15) is 30.4 Å². The van der Waals surface area contributed by atoms with Crippen LogP contribution in [0.3, 0.4) is 0 Å². The van der Waals surface area contributed by atoms with Gasteiger partial charge in [0.25, 0.3) is 0 Å². The summed E-state index contributed by atoms with van der Waals surface area (Å²) in [6, 6.07) is 11.9. The molecule has 0 aliphatic rings. The predicted molar refractivity (Wildman–Crippen MR) is 136 cm³/mol. The molecule has 0 aliphatic carbocycles. The van der Waals surface area contributed by atoms with Gasteiger partial charge in [-0.1, -0.05) is 19.1 Å². The van der Waals surface area contributed by atoms with Gasteiger partial charge in [0.05, 0.1) is 28.4 Å². The zero-order valence-corrected chi connectivity index (χ0v) is 21.5. The molecule has 31 heavy (non-hydrogen) atoms. The summed E-state index contributed by atoms with van der Waals surface area (Å²) in [6.07, 6.45) is 0.979. The minimum atomic E-state index is 0. The van der Waals surface area contributed by atoms with E-state index in [9.17, 15) is 0 Å². The van der Waals surface area contributed by atoms with E-state index in [2.05, 4.69) is 34.7 Å². The lowest BCUT2D eigenvalue weighted by Crippen LogP contribution is -2.37. The number of aliphatic imine (C=N–C) groups is 1. The summed E-state index contributed by atoms with van der Waals surface area (Å²) in [4.78, 5) is 4.31. The van der Waals surface area contributed by atoms with Gasteiger partial charge >= 0.3 is 0 Å². The van der Waals surface area contributed by atoms with Crippen LogP contribution in [0.25, 0.3) is 0 Å². The number of hydrogen-bond acceptors (Lipinski definition) is 5. The van der Waals surface area contributed by atoms with Gasteiger partial charge in [0.1, 0.15) is 11.5 Å². The molecule has 0 fully saturated rings. The first-order valence-corrected chi connectivity index (χ1v) is 9.93. The van der Waals surface area contributed by atoms with Gasteiger partial charge in [-0.05, 0) is 36.1 Å². The van der Waals surface area contributed by atoms with Crippen LogP contribution in [0.15, 0.2) is 41.4 Å². The van der Waals surface area contributed by atoms with Gasteiger partial charge in [-0.2, -0.15) is 0 Å². The third-order valence-electron chi connectivity index (χ3n) is 5.01. The summed E-state index contributed by atoms with van der Waals surface area (Å²) in [7, 11) is 8.30. The molecule has 0 spiro atoms. The second kappa shape index (κ2) is 13.8. The maximum Gasteiger partial charge on any atom is 0.191 e. The van der Waals surface area contributed by atoms with Crippen molar-refractivity contribution < 1.29 is 18.9 Å². The largest absolute Gasteiger partial charge is 0.497 e. The van der Waals surface area contributed by atoms with Crippen molar-refractivity contribution in [3.63, 3.8) is 0 Å². The molecule has 1 unspecified atom stereocenters. The van der Waals surface area contributed by atoms with Crippen molar-refractivity contribution in [2.24, 2.45) is 4.99 Å². The Kier molecular flexibility index (Phi) is 11.9. The fourth-order valence-corrected chi connectivity index (χ4v) is 3.14.